The first-order chi connectivity index (χ1) is 8.33. The van der Waals surface area contributed by atoms with Crippen LogP contribution in [0.3, 0.4) is 0 Å². The normalized spacial score (nSPS) is 15.5. The number of benzene rings is 1. The van der Waals surface area contributed by atoms with E-state index in [-0.39, 0.29) is 0 Å². The Balaban J connectivity index is 2.30. The van der Waals surface area contributed by atoms with Gasteiger partial charge in [-0.1, -0.05) is 5.11 Å². The van der Waals surface area contributed by atoms with Crippen LogP contribution in [0.2, 0.25) is 0 Å². The number of nitrogens with one attached hydrogen (secondary N) is 1. The summed E-state index contributed by atoms with van der Waals surface area (Å²) >= 11 is 4.27. The number of anilines is 1. The topological polar surface area (TPSA) is 64.0 Å². The first-order valence-electron chi connectivity index (χ1n) is 5.59. The third kappa shape index (κ3) is 3.06. The Kier molecular flexibility index (Phi) is 4.14. The average molecular weight is 249 g/mol. The molecule has 90 valence electrons. The monoisotopic (exact) mass is 249 g/mol. The molecule has 0 unspecified atom stereocenters. The summed E-state index contributed by atoms with van der Waals surface area (Å²) in [6.45, 7) is 3.93. The Morgan fingerprint density at radius 2 is 2.12 bits per heavy atom. The molecule has 1 aromatic carbocycles. The van der Waals surface area contributed by atoms with Gasteiger partial charge in [0.15, 0.2) is 0 Å². The van der Waals surface area contributed by atoms with Crippen molar-refractivity contribution in [3.8, 4) is 0 Å². The minimum Gasteiger partial charge on any atom is -0.369 e. The zero-order valence-electron chi connectivity index (χ0n) is 9.50. The summed E-state index contributed by atoms with van der Waals surface area (Å²) in [5, 5.41) is 6.99. The lowest BCUT2D eigenvalue weighted by Crippen LogP contribution is -2.43. The highest BCUT2D eigenvalue weighted by Gasteiger charge is 2.11. The molecule has 0 atom stereocenters. The summed E-state index contributed by atoms with van der Waals surface area (Å²) < 4.78 is 0. The molecule has 0 saturated carbocycles. The first-order valence-corrected chi connectivity index (χ1v) is 6.22. The molecular weight excluding hydrogens is 234 g/mol. The molecule has 0 amide bonds. The fraction of sp³-hybridized carbons (Fsp3) is 0.455. The number of piperazine rings is 1. The summed E-state index contributed by atoms with van der Waals surface area (Å²) in [5.74, 6) is 0.647. The molecule has 1 aliphatic heterocycles. The predicted octanol–water partition coefficient (Wildman–Crippen LogP) is 2.47. The Bertz CT molecular complexity index is 435. The van der Waals surface area contributed by atoms with Gasteiger partial charge in [0.1, 0.15) is 0 Å². The van der Waals surface area contributed by atoms with E-state index in [1.807, 2.05) is 12.1 Å². The maximum Gasteiger partial charge on any atom is 0.0398 e. The maximum absolute atomic E-state index is 8.50. The molecule has 1 heterocycles. The van der Waals surface area contributed by atoms with Gasteiger partial charge >= 0.3 is 0 Å². The summed E-state index contributed by atoms with van der Waals surface area (Å²) in [7, 11) is 0. The molecule has 1 aromatic rings. The van der Waals surface area contributed by atoms with Crippen LogP contribution in [-0.4, -0.2) is 26.2 Å². The van der Waals surface area contributed by atoms with E-state index in [4.69, 9.17) is 5.53 Å². The Labute approximate surface area is 106 Å². The largest absolute Gasteiger partial charge is 0.369 e. The number of nitrogens with zero attached hydrogens (tertiary/aromatic N) is 4. The van der Waals surface area contributed by atoms with Crippen LogP contribution in [0.25, 0.3) is 10.4 Å². The molecule has 17 heavy (non-hydrogen) atoms. The number of rotatable bonds is 3. The van der Waals surface area contributed by atoms with E-state index in [9.17, 15) is 0 Å². The van der Waals surface area contributed by atoms with Crippen LogP contribution in [0.5, 0.6) is 0 Å². The average Bonchev–Trinajstić information content (AvgIpc) is 2.40. The van der Waals surface area contributed by atoms with Crippen LogP contribution in [0.1, 0.15) is 5.56 Å². The Hall–Kier alpha value is -1.36. The van der Waals surface area contributed by atoms with Gasteiger partial charge in [-0.05, 0) is 29.3 Å². The SMILES string of the molecule is [N-]=[N+]=Nc1cc(CS)cc(N2CCNCC2)c1. The van der Waals surface area contributed by atoms with Crippen LogP contribution < -0.4 is 10.2 Å². The molecule has 5 nitrogen and oxygen atoms in total. The quantitative estimate of drug-likeness (QED) is 0.374. The van der Waals surface area contributed by atoms with E-state index in [1.54, 1.807) is 0 Å². The van der Waals surface area contributed by atoms with Gasteiger partial charge < -0.3 is 10.2 Å². The third-order valence-electron chi connectivity index (χ3n) is 2.79. The van der Waals surface area contributed by atoms with Crippen molar-refractivity contribution in [2.45, 2.75) is 5.75 Å². The summed E-state index contributed by atoms with van der Waals surface area (Å²) in [6.07, 6.45) is 0. The Morgan fingerprint density at radius 1 is 1.35 bits per heavy atom. The van der Waals surface area contributed by atoms with E-state index in [0.29, 0.717) is 11.4 Å². The van der Waals surface area contributed by atoms with Crippen molar-refractivity contribution in [2.75, 3.05) is 31.1 Å². The second-order valence-electron chi connectivity index (χ2n) is 3.94. The minimum atomic E-state index is 0.647. The lowest BCUT2D eigenvalue weighted by atomic mass is 10.1. The van der Waals surface area contributed by atoms with Crippen molar-refractivity contribution in [3.05, 3.63) is 34.2 Å². The van der Waals surface area contributed by atoms with Crippen LogP contribution in [0.4, 0.5) is 11.4 Å². The Morgan fingerprint density at radius 3 is 2.76 bits per heavy atom. The van der Waals surface area contributed by atoms with E-state index in [2.05, 4.69) is 38.9 Å². The standard InChI is InChI=1S/C11H15N5S/c12-15-14-10-5-9(8-17)6-11(7-10)16-3-1-13-2-4-16/h5-7,13,17H,1-4,8H2. The van der Waals surface area contributed by atoms with Crippen molar-refractivity contribution in [1.29, 1.82) is 0 Å². The fourth-order valence-corrected chi connectivity index (χ4v) is 2.15. The number of hydrogen-bond donors (Lipinski definition) is 2. The second kappa shape index (κ2) is 5.82. The van der Waals surface area contributed by atoms with Gasteiger partial charge in [0.05, 0.1) is 0 Å². The van der Waals surface area contributed by atoms with E-state index >= 15 is 0 Å². The summed E-state index contributed by atoms with van der Waals surface area (Å²) in [4.78, 5) is 5.13. The molecule has 1 N–H and O–H groups in total. The highest BCUT2D eigenvalue weighted by Crippen LogP contribution is 2.25. The lowest BCUT2D eigenvalue weighted by molar-refractivity contribution is 0.589. The van der Waals surface area contributed by atoms with Gasteiger partial charge in [0.2, 0.25) is 0 Å². The van der Waals surface area contributed by atoms with E-state index in [0.717, 1.165) is 37.4 Å². The zero-order valence-corrected chi connectivity index (χ0v) is 10.4. The van der Waals surface area contributed by atoms with Gasteiger partial charge in [-0.3, -0.25) is 0 Å². The molecule has 1 aliphatic rings. The first kappa shape index (κ1) is 12.1. The van der Waals surface area contributed by atoms with Crippen molar-refractivity contribution in [1.82, 2.24) is 5.32 Å². The van der Waals surface area contributed by atoms with Crippen molar-refractivity contribution >= 4 is 24.0 Å². The molecule has 0 bridgehead atoms. The third-order valence-corrected chi connectivity index (χ3v) is 3.15. The minimum absolute atomic E-state index is 0.647. The van der Waals surface area contributed by atoms with Crippen molar-refractivity contribution in [3.63, 3.8) is 0 Å². The smallest absolute Gasteiger partial charge is 0.0398 e. The molecule has 0 aliphatic carbocycles. The predicted molar refractivity (Wildman–Crippen MR) is 73.0 cm³/mol. The van der Waals surface area contributed by atoms with Crippen molar-refractivity contribution in [2.24, 2.45) is 5.11 Å². The van der Waals surface area contributed by atoms with Gasteiger partial charge in [0, 0.05) is 48.2 Å². The summed E-state index contributed by atoms with van der Waals surface area (Å²) in [6, 6.07) is 5.91. The molecule has 1 saturated heterocycles. The van der Waals surface area contributed by atoms with Gasteiger partial charge in [-0.2, -0.15) is 12.6 Å². The highest BCUT2D eigenvalue weighted by molar-refractivity contribution is 7.79. The lowest BCUT2D eigenvalue weighted by Gasteiger charge is -2.30. The second-order valence-corrected chi connectivity index (χ2v) is 4.26. The molecule has 0 spiro atoms. The van der Waals surface area contributed by atoms with Gasteiger partial charge in [-0.15, -0.1) is 0 Å². The van der Waals surface area contributed by atoms with Gasteiger partial charge in [-0.25, -0.2) is 0 Å². The van der Waals surface area contributed by atoms with E-state index in [1.165, 1.54) is 0 Å². The highest BCUT2D eigenvalue weighted by atomic mass is 32.1. The summed E-state index contributed by atoms with van der Waals surface area (Å²) in [5.41, 5.74) is 11.3. The fourth-order valence-electron chi connectivity index (χ4n) is 1.96. The van der Waals surface area contributed by atoms with Gasteiger partial charge in [0.25, 0.3) is 0 Å². The molecule has 0 aromatic heterocycles. The molecule has 6 heteroatoms. The molecular formula is C11H15N5S. The van der Waals surface area contributed by atoms with Crippen molar-refractivity contribution < 1.29 is 0 Å². The van der Waals surface area contributed by atoms with E-state index < -0.39 is 0 Å². The number of hydrogen-bond acceptors (Lipinski definition) is 4. The van der Waals surface area contributed by atoms with Crippen LogP contribution in [0, 0.1) is 0 Å². The van der Waals surface area contributed by atoms with Crippen LogP contribution >= 0.6 is 12.6 Å². The number of thiol groups is 1. The van der Waals surface area contributed by atoms with Crippen LogP contribution in [0.15, 0.2) is 23.3 Å². The van der Waals surface area contributed by atoms with Crippen LogP contribution in [-0.2, 0) is 5.75 Å². The zero-order chi connectivity index (χ0) is 12.1. The molecule has 2 rings (SSSR count). The molecule has 0 radical (unpaired) electrons. The number of azide groups is 1. The molecule has 1 fully saturated rings. The maximum atomic E-state index is 8.50.